The van der Waals surface area contributed by atoms with Gasteiger partial charge in [0.25, 0.3) is 0 Å². The molecule has 0 saturated carbocycles. The van der Waals surface area contributed by atoms with Gasteiger partial charge in [-0.05, 0) is 26.6 Å². The van der Waals surface area contributed by atoms with Crippen LogP contribution in [0.5, 0.6) is 0 Å². The molecule has 108 valence electrons. The molecule has 0 saturated heterocycles. The normalized spacial score (nSPS) is 14.4. The highest BCUT2D eigenvalue weighted by Crippen LogP contribution is 2.18. The van der Waals surface area contributed by atoms with Crippen molar-refractivity contribution >= 4 is 0 Å². The first-order valence-electron chi connectivity index (χ1n) is 7.01. The summed E-state index contributed by atoms with van der Waals surface area (Å²) in [5.74, 6) is 0. The molecule has 4 heteroatoms. The van der Waals surface area contributed by atoms with Crippen molar-refractivity contribution in [2.24, 2.45) is 7.05 Å². The lowest BCUT2D eigenvalue weighted by atomic mass is 10.1. The zero-order valence-corrected chi connectivity index (χ0v) is 12.7. The number of aromatic nitrogens is 2. The Hall–Kier alpha value is -1.65. The van der Waals surface area contributed by atoms with E-state index in [0.717, 1.165) is 6.54 Å². The van der Waals surface area contributed by atoms with Gasteiger partial charge in [-0.2, -0.15) is 5.10 Å². The fourth-order valence-corrected chi connectivity index (χ4v) is 2.34. The average molecular weight is 272 g/mol. The maximum absolute atomic E-state index is 4.22. The first-order chi connectivity index (χ1) is 9.58. The molecule has 2 atom stereocenters. The van der Waals surface area contributed by atoms with E-state index in [1.165, 1.54) is 11.1 Å². The minimum atomic E-state index is 0.301. The third-order valence-electron chi connectivity index (χ3n) is 3.65. The molecule has 0 aliphatic carbocycles. The van der Waals surface area contributed by atoms with Crippen LogP contribution in [0.2, 0.25) is 0 Å². The van der Waals surface area contributed by atoms with Crippen LogP contribution in [-0.4, -0.2) is 35.3 Å². The highest BCUT2D eigenvalue weighted by molar-refractivity contribution is 5.19. The molecule has 20 heavy (non-hydrogen) atoms. The summed E-state index contributed by atoms with van der Waals surface area (Å²) in [5.41, 5.74) is 2.56. The highest BCUT2D eigenvalue weighted by atomic mass is 15.2. The molecule has 1 aromatic heterocycles. The Kier molecular flexibility index (Phi) is 4.93. The number of likely N-dealkylation sites (N-methyl/N-ethyl adjacent to an activating group) is 1. The molecule has 4 nitrogen and oxygen atoms in total. The van der Waals surface area contributed by atoms with Gasteiger partial charge in [-0.3, -0.25) is 4.68 Å². The fraction of sp³-hybridized carbons (Fsp3) is 0.438. The number of rotatable bonds is 6. The molecule has 0 radical (unpaired) electrons. The zero-order valence-electron chi connectivity index (χ0n) is 12.7. The molecule has 1 aromatic carbocycles. The number of nitrogens with one attached hydrogen (secondary N) is 1. The molecule has 0 amide bonds. The van der Waals surface area contributed by atoms with Gasteiger partial charge in [-0.15, -0.1) is 0 Å². The Morgan fingerprint density at radius 1 is 1.20 bits per heavy atom. The molecular weight excluding hydrogens is 248 g/mol. The number of aryl methyl sites for hydroxylation is 1. The van der Waals surface area contributed by atoms with Crippen LogP contribution in [0.3, 0.4) is 0 Å². The molecule has 1 heterocycles. The summed E-state index contributed by atoms with van der Waals surface area (Å²) in [4.78, 5) is 2.25. The van der Waals surface area contributed by atoms with Gasteiger partial charge in [0.1, 0.15) is 0 Å². The van der Waals surface area contributed by atoms with E-state index >= 15 is 0 Å². The van der Waals surface area contributed by atoms with Crippen LogP contribution < -0.4 is 5.32 Å². The molecule has 2 unspecified atom stereocenters. The second-order valence-electron chi connectivity index (χ2n) is 5.47. The number of nitrogens with zero attached hydrogens (tertiary/aromatic N) is 3. The second kappa shape index (κ2) is 6.68. The molecular formula is C16H24N4. The first-order valence-corrected chi connectivity index (χ1v) is 7.01. The monoisotopic (exact) mass is 272 g/mol. The van der Waals surface area contributed by atoms with Gasteiger partial charge in [0.15, 0.2) is 0 Å². The van der Waals surface area contributed by atoms with Gasteiger partial charge in [0.2, 0.25) is 0 Å². The largest absolute Gasteiger partial charge is 0.308 e. The second-order valence-corrected chi connectivity index (χ2v) is 5.47. The standard InChI is InChI=1S/C16H24N4/c1-13(15-10-18-20(4)12-15)17-11-16(19(2)3)14-8-6-5-7-9-14/h5-10,12-13,16-17H,11H2,1-4H3. The Morgan fingerprint density at radius 2 is 1.90 bits per heavy atom. The summed E-state index contributed by atoms with van der Waals surface area (Å²) in [5, 5.41) is 7.82. The minimum absolute atomic E-state index is 0.301. The number of hydrogen-bond acceptors (Lipinski definition) is 3. The Morgan fingerprint density at radius 3 is 2.45 bits per heavy atom. The van der Waals surface area contributed by atoms with Crippen molar-refractivity contribution in [3.05, 3.63) is 53.9 Å². The van der Waals surface area contributed by atoms with Crippen LogP contribution in [-0.2, 0) is 7.05 Å². The van der Waals surface area contributed by atoms with E-state index in [4.69, 9.17) is 0 Å². The van der Waals surface area contributed by atoms with Crippen molar-refractivity contribution in [3.8, 4) is 0 Å². The van der Waals surface area contributed by atoms with Gasteiger partial charge < -0.3 is 10.2 Å². The zero-order chi connectivity index (χ0) is 14.5. The summed E-state index contributed by atoms with van der Waals surface area (Å²) in [7, 11) is 6.19. The maximum atomic E-state index is 4.22. The van der Waals surface area contributed by atoms with Crippen LogP contribution in [0.15, 0.2) is 42.7 Å². The average Bonchev–Trinajstić information content (AvgIpc) is 2.86. The van der Waals surface area contributed by atoms with Gasteiger partial charge in [-0.25, -0.2) is 0 Å². The van der Waals surface area contributed by atoms with E-state index in [1.807, 2.05) is 17.9 Å². The first kappa shape index (κ1) is 14.8. The molecule has 0 spiro atoms. The third kappa shape index (κ3) is 3.68. The van der Waals surface area contributed by atoms with E-state index in [1.54, 1.807) is 0 Å². The van der Waals surface area contributed by atoms with E-state index < -0.39 is 0 Å². The lowest BCUT2D eigenvalue weighted by Crippen LogP contribution is -2.32. The number of hydrogen-bond donors (Lipinski definition) is 1. The summed E-state index contributed by atoms with van der Waals surface area (Å²) in [6, 6.07) is 11.3. The van der Waals surface area contributed by atoms with Gasteiger partial charge in [0.05, 0.1) is 6.20 Å². The third-order valence-corrected chi connectivity index (χ3v) is 3.65. The lowest BCUT2D eigenvalue weighted by molar-refractivity contribution is 0.281. The Balaban J connectivity index is 1.99. The van der Waals surface area contributed by atoms with Gasteiger partial charge in [-0.1, -0.05) is 30.3 Å². The fourth-order valence-electron chi connectivity index (χ4n) is 2.34. The van der Waals surface area contributed by atoms with Crippen molar-refractivity contribution in [3.63, 3.8) is 0 Å². The van der Waals surface area contributed by atoms with Crippen LogP contribution in [0, 0.1) is 0 Å². The molecule has 0 fully saturated rings. The maximum Gasteiger partial charge on any atom is 0.0537 e. The van der Waals surface area contributed by atoms with Crippen molar-refractivity contribution in [1.82, 2.24) is 20.0 Å². The Bertz CT molecular complexity index is 518. The SMILES string of the molecule is CC(NCC(c1ccccc1)N(C)C)c1cnn(C)c1. The quantitative estimate of drug-likeness (QED) is 0.876. The van der Waals surface area contributed by atoms with E-state index in [-0.39, 0.29) is 0 Å². The van der Waals surface area contributed by atoms with E-state index in [0.29, 0.717) is 12.1 Å². The van der Waals surface area contributed by atoms with Crippen molar-refractivity contribution < 1.29 is 0 Å². The van der Waals surface area contributed by atoms with Gasteiger partial charge in [0, 0.05) is 37.4 Å². The Labute approximate surface area is 121 Å². The topological polar surface area (TPSA) is 33.1 Å². The van der Waals surface area contributed by atoms with Crippen LogP contribution in [0.25, 0.3) is 0 Å². The summed E-state index contributed by atoms with van der Waals surface area (Å²) in [6.07, 6.45) is 3.98. The summed E-state index contributed by atoms with van der Waals surface area (Å²) >= 11 is 0. The predicted octanol–water partition coefficient (Wildman–Crippen LogP) is 2.37. The summed E-state index contributed by atoms with van der Waals surface area (Å²) < 4.78 is 1.84. The molecule has 1 N–H and O–H groups in total. The predicted molar refractivity (Wildman–Crippen MR) is 82.5 cm³/mol. The van der Waals surface area contributed by atoms with Crippen molar-refractivity contribution in [2.45, 2.75) is 19.0 Å². The van der Waals surface area contributed by atoms with E-state index in [9.17, 15) is 0 Å². The molecule has 0 aliphatic heterocycles. The smallest absolute Gasteiger partial charge is 0.0537 e. The highest BCUT2D eigenvalue weighted by Gasteiger charge is 2.15. The van der Waals surface area contributed by atoms with Crippen molar-refractivity contribution in [1.29, 1.82) is 0 Å². The van der Waals surface area contributed by atoms with E-state index in [2.05, 4.69) is 72.9 Å². The lowest BCUT2D eigenvalue weighted by Gasteiger charge is -2.26. The molecule has 0 bridgehead atoms. The van der Waals surface area contributed by atoms with Gasteiger partial charge >= 0.3 is 0 Å². The summed E-state index contributed by atoms with van der Waals surface area (Å²) in [6.45, 7) is 3.09. The minimum Gasteiger partial charge on any atom is -0.308 e. The van der Waals surface area contributed by atoms with Crippen LogP contribution >= 0.6 is 0 Å². The van der Waals surface area contributed by atoms with Crippen LogP contribution in [0.4, 0.5) is 0 Å². The molecule has 0 aliphatic rings. The number of benzene rings is 1. The molecule has 2 rings (SSSR count). The van der Waals surface area contributed by atoms with Crippen LogP contribution in [0.1, 0.15) is 30.1 Å². The van der Waals surface area contributed by atoms with Crippen molar-refractivity contribution in [2.75, 3.05) is 20.6 Å². The molecule has 2 aromatic rings.